The summed E-state index contributed by atoms with van der Waals surface area (Å²) in [4.78, 5) is 20.1. The van der Waals surface area contributed by atoms with Crippen LogP contribution < -0.4 is 16.4 Å². The lowest BCUT2D eigenvalue weighted by Gasteiger charge is -2.12. The first-order valence-corrected chi connectivity index (χ1v) is 7.58. The zero-order valence-corrected chi connectivity index (χ0v) is 13.5. The molecule has 1 amide bonds. The van der Waals surface area contributed by atoms with E-state index in [4.69, 9.17) is 5.73 Å². The van der Waals surface area contributed by atoms with E-state index < -0.39 is 0 Å². The number of nitrogens with two attached hydrogens (primary N) is 1. The van der Waals surface area contributed by atoms with Crippen molar-refractivity contribution in [2.75, 3.05) is 16.4 Å². The molecule has 0 aliphatic rings. The van der Waals surface area contributed by atoms with Gasteiger partial charge in [0.05, 0.1) is 16.9 Å². The van der Waals surface area contributed by atoms with Crippen molar-refractivity contribution in [2.45, 2.75) is 0 Å². The minimum atomic E-state index is -0.334. The summed E-state index contributed by atoms with van der Waals surface area (Å²) in [5, 5.41) is 6.68. The Bertz CT molecular complexity index is 981. The van der Waals surface area contributed by atoms with Gasteiger partial charge in [0.25, 0.3) is 0 Å². The fraction of sp³-hybridized carbons (Fsp3) is 0. The molecule has 0 saturated heterocycles. The summed E-state index contributed by atoms with van der Waals surface area (Å²) < 4.78 is 0. The standard InChI is InChI=1S/C19H17N5O/c1-3-12-6-5-7-13(8-12)23-19-14-9-15(20)17(24-18(25)4-2)10-16(14)21-11-22-19/h3-11H,1-2,20H2,(H,24,25)(H,21,22,23). The van der Waals surface area contributed by atoms with Crippen LogP contribution in [0.15, 0.2) is 62.0 Å². The summed E-state index contributed by atoms with van der Waals surface area (Å²) >= 11 is 0. The Labute approximate surface area is 145 Å². The topological polar surface area (TPSA) is 92.9 Å². The van der Waals surface area contributed by atoms with Gasteiger partial charge < -0.3 is 16.4 Å². The molecular weight excluding hydrogens is 314 g/mol. The molecule has 0 aliphatic carbocycles. The summed E-state index contributed by atoms with van der Waals surface area (Å²) in [6.45, 7) is 7.20. The van der Waals surface area contributed by atoms with Gasteiger partial charge in [0, 0.05) is 11.1 Å². The van der Waals surface area contributed by atoms with Crippen molar-refractivity contribution in [1.82, 2.24) is 9.97 Å². The third kappa shape index (κ3) is 3.48. The largest absolute Gasteiger partial charge is 0.397 e. The highest BCUT2D eigenvalue weighted by molar-refractivity contribution is 6.04. The normalized spacial score (nSPS) is 10.2. The molecule has 25 heavy (non-hydrogen) atoms. The third-order valence-corrected chi connectivity index (χ3v) is 3.63. The summed E-state index contributed by atoms with van der Waals surface area (Å²) in [6.07, 6.45) is 4.41. The number of rotatable bonds is 5. The van der Waals surface area contributed by atoms with Crippen LogP contribution in [0.25, 0.3) is 17.0 Å². The molecule has 0 aliphatic heterocycles. The second-order valence-corrected chi connectivity index (χ2v) is 5.33. The minimum absolute atomic E-state index is 0.334. The molecular formula is C19H17N5O. The number of amides is 1. The number of hydrogen-bond donors (Lipinski definition) is 3. The molecule has 0 fully saturated rings. The molecule has 6 heteroatoms. The molecule has 4 N–H and O–H groups in total. The van der Waals surface area contributed by atoms with Crippen LogP contribution in [-0.2, 0) is 4.79 Å². The van der Waals surface area contributed by atoms with E-state index in [1.54, 1.807) is 18.2 Å². The van der Waals surface area contributed by atoms with Gasteiger partial charge in [-0.25, -0.2) is 9.97 Å². The molecule has 2 aromatic carbocycles. The molecule has 0 radical (unpaired) electrons. The van der Waals surface area contributed by atoms with Crippen molar-refractivity contribution < 1.29 is 4.79 Å². The van der Waals surface area contributed by atoms with Crippen LogP contribution in [0.5, 0.6) is 0 Å². The van der Waals surface area contributed by atoms with Crippen LogP contribution in [-0.4, -0.2) is 15.9 Å². The SMILES string of the molecule is C=CC(=O)Nc1cc2ncnc(Nc3cccc(C=C)c3)c2cc1N. The number of nitrogens with zero attached hydrogens (tertiary/aromatic N) is 2. The molecule has 3 aromatic rings. The van der Waals surface area contributed by atoms with Crippen LogP contribution in [0.1, 0.15) is 5.56 Å². The van der Waals surface area contributed by atoms with E-state index in [1.165, 1.54) is 12.4 Å². The predicted octanol–water partition coefficient (Wildman–Crippen LogP) is 3.72. The summed E-state index contributed by atoms with van der Waals surface area (Å²) in [7, 11) is 0. The maximum atomic E-state index is 11.5. The van der Waals surface area contributed by atoms with Gasteiger partial charge in [-0.2, -0.15) is 0 Å². The van der Waals surface area contributed by atoms with Gasteiger partial charge >= 0.3 is 0 Å². The fourth-order valence-electron chi connectivity index (χ4n) is 2.39. The van der Waals surface area contributed by atoms with Crippen LogP contribution in [0.3, 0.4) is 0 Å². The molecule has 0 saturated carbocycles. The average molecular weight is 331 g/mol. The van der Waals surface area contributed by atoms with Crippen molar-refractivity contribution in [3.05, 3.63) is 67.5 Å². The van der Waals surface area contributed by atoms with E-state index in [2.05, 4.69) is 33.8 Å². The maximum Gasteiger partial charge on any atom is 0.247 e. The van der Waals surface area contributed by atoms with Crippen molar-refractivity contribution >= 4 is 45.8 Å². The van der Waals surface area contributed by atoms with Crippen molar-refractivity contribution in [2.24, 2.45) is 0 Å². The highest BCUT2D eigenvalue weighted by atomic mass is 16.1. The zero-order chi connectivity index (χ0) is 17.8. The van der Waals surface area contributed by atoms with E-state index in [-0.39, 0.29) is 5.91 Å². The van der Waals surface area contributed by atoms with Crippen LogP contribution in [0.2, 0.25) is 0 Å². The first-order chi connectivity index (χ1) is 12.1. The van der Waals surface area contributed by atoms with Gasteiger partial charge in [-0.3, -0.25) is 4.79 Å². The van der Waals surface area contributed by atoms with Gasteiger partial charge in [0.1, 0.15) is 12.1 Å². The first kappa shape index (κ1) is 16.2. The molecule has 124 valence electrons. The quantitative estimate of drug-likeness (QED) is 0.489. The number of nitrogens with one attached hydrogen (secondary N) is 2. The Morgan fingerprint density at radius 2 is 2.00 bits per heavy atom. The van der Waals surface area contributed by atoms with E-state index in [1.807, 2.05) is 24.3 Å². The number of benzene rings is 2. The lowest BCUT2D eigenvalue weighted by Crippen LogP contribution is -2.09. The molecule has 1 aromatic heterocycles. The minimum Gasteiger partial charge on any atom is -0.397 e. The second-order valence-electron chi connectivity index (χ2n) is 5.33. The highest BCUT2D eigenvalue weighted by Crippen LogP contribution is 2.30. The second kappa shape index (κ2) is 6.84. The van der Waals surface area contributed by atoms with Crippen molar-refractivity contribution in [1.29, 1.82) is 0 Å². The predicted molar refractivity (Wildman–Crippen MR) is 103 cm³/mol. The Morgan fingerprint density at radius 1 is 1.16 bits per heavy atom. The maximum absolute atomic E-state index is 11.5. The monoisotopic (exact) mass is 331 g/mol. The molecule has 0 unspecified atom stereocenters. The molecule has 3 rings (SSSR count). The Balaban J connectivity index is 2.01. The van der Waals surface area contributed by atoms with Gasteiger partial charge in [-0.05, 0) is 35.9 Å². The van der Waals surface area contributed by atoms with Crippen LogP contribution >= 0.6 is 0 Å². The zero-order valence-electron chi connectivity index (χ0n) is 13.5. The third-order valence-electron chi connectivity index (χ3n) is 3.63. The summed E-state index contributed by atoms with van der Waals surface area (Å²) in [5.41, 5.74) is 9.48. The Kier molecular flexibility index (Phi) is 4.43. The van der Waals surface area contributed by atoms with Crippen molar-refractivity contribution in [3.8, 4) is 0 Å². The fourth-order valence-corrected chi connectivity index (χ4v) is 2.39. The lowest BCUT2D eigenvalue weighted by molar-refractivity contribution is -0.111. The molecule has 0 spiro atoms. The smallest absolute Gasteiger partial charge is 0.247 e. The lowest BCUT2D eigenvalue weighted by atomic mass is 10.1. The molecule has 6 nitrogen and oxygen atoms in total. The van der Waals surface area contributed by atoms with Crippen molar-refractivity contribution in [3.63, 3.8) is 0 Å². The molecule has 0 bridgehead atoms. The van der Waals surface area contributed by atoms with E-state index in [0.717, 1.165) is 16.6 Å². The van der Waals surface area contributed by atoms with Crippen LogP contribution in [0, 0.1) is 0 Å². The molecule has 1 heterocycles. The first-order valence-electron chi connectivity index (χ1n) is 7.58. The van der Waals surface area contributed by atoms with Gasteiger partial charge in [0.2, 0.25) is 5.91 Å². The van der Waals surface area contributed by atoms with E-state index in [0.29, 0.717) is 22.7 Å². The number of anilines is 4. The number of hydrogen-bond acceptors (Lipinski definition) is 5. The number of nitrogen functional groups attached to an aromatic ring is 1. The number of aromatic nitrogens is 2. The number of fused-ring (bicyclic) bond motifs is 1. The van der Waals surface area contributed by atoms with Gasteiger partial charge in [-0.1, -0.05) is 31.4 Å². The van der Waals surface area contributed by atoms with E-state index in [9.17, 15) is 4.79 Å². The number of carbonyl (C=O) groups is 1. The summed E-state index contributed by atoms with van der Waals surface area (Å²) in [5.74, 6) is 0.291. The number of carbonyl (C=O) groups excluding carboxylic acids is 1. The molecule has 0 atom stereocenters. The Hall–Kier alpha value is -3.67. The Morgan fingerprint density at radius 3 is 2.76 bits per heavy atom. The van der Waals surface area contributed by atoms with Gasteiger partial charge in [-0.15, -0.1) is 0 Å². The van der Waals surface area contributed by atoms with Crippen LogP contribution in [0.4, 0.5) is 22.9 Å². The highest BCUT2D eigenvalue weighted by Gasteiger charge is 2.10. The van der Waals surface area contributed by atoms with Gasteiger partial charge in [0.15, 0.2) is 0 Å². The average Bonchev–Trinajstić information content (AvgIpc) is 2.63. The summed E-state index contributed by atoms with van der Waals surface area (Å²) in [6, 6.07) is 11.2. The van der Waals surface area contributed by atoms with E-state index >= 15 is 0 Å².